The highest BCUT2D eigenvalue weighted by Crippen LogP contribution is 2.40. The summed E-state index contributed by atoms with van der Waals surface area (Å²) in [5.74, 6) is 1.36. The maximum Gasteiger partial charge on any atom is 0.223 e. The van der Waals surface area contributed by atoms with Gasteiger partial charge in [0.15, 0.2) is 0 Å². The Hall–Kier alpha value is -2.88. The number of carbonyl (C=O) groups excluding carboxylic acids is 1. The second kappa shape index (κ2) is 7.18. The molecule has 5 rings (SSSR count). The van der Waals surface area contributed by atoms with Crippen molar-refractivity contribution in [3.8, 4) is 16.9 Å². The number of rotatable bonds is 4. The lowest BCUT2D eigenvalue weighted by Crippen LogP contribution is -2.40. The Morgan fingerprint density at radius 1 is 1.14 bits per heavy atom. The first-order chi connectivity index (χ1) is 14.1. The normalized spacial score (nSPS) is 18.2. The molecule has 1 aliphatic heterocycles. The number of amides is 1. The van der Waals surface area contributed by atoms with Gasteiger partial charge in [-0.2, -0.15) is 0 Å². The minimum Gasteiger partial charge on any atom is -0.487 e. The van der Waals surface area contributed by atoms with E-state index in [1.54, 1.807) is 0 Å². The van der Waals surface area contributed by atoms with Crippen LogP contribution in [0.15, 0.2) is 42.5 Å². The summed E-state index contributed by atoms with van der Waals surface area (Å²) in [4.78, 5) is 16.8. The van der Waals surface area contributed by atoms with Crippen molar-refractivity contribution >= 4 is 16.8 Å². The van der Waals surface area contributed by atoms with Crippen molar-refractivity contribution in [1.29, 1.82) is 0 Å². The Kier molecular flexibility index (Phi) is 4.50. The second-order valence-electron chi connectivity index (χ2n) is 8.48. The van der Waals surface area contributed by atoms with Crippen LogP contribution in [0.25, 0.3) is 22.0 Å². The van der Waals surface area contributed by atoms with Crippen LogP contribution in [0.2, 0.25) is 0 Å². The van der Waals surface area contributed by atoms with E-state index in [-0.39, 0.29) is 17.9 Å². The van der Waals surface area contributed by atoms with E-state index in [4.69, 9.17) is 4.74 Å². The lowest BCUT2D eigenvalue weighted by Gasteiger charge is -2.24. The number of hydrogen-bond acceptors (Lipinski definition) is 3. The average molecular weight is 386 g/mol. The van der Waals surface area contributed by atoms with Gasteiger partial charge in [0.25, 0.3) is 0 Å². The number of benzene rings is 2. The third kappa shape index (κ3) is 3.48. The lowest BCUT2D eigenvalue weighted by molar-refractivity contribution is -0.127. The molecule has 1 aromatic heterocycles. The summed E-state index contributed by atoms with van der Waals surface area (Å²) in [5, 5.41) is 4.22. The molecule has 2 aliphatic rings. The maximum atomic E-state index is 12.2. The first kappa shape index (κ1) is 18.2. The molecule has 148 valence electrons. The van der Waals surface area contributed by atoms with Crippen molar-refractivity contribution < 1.29 is 9.53 Å². The fourth-order valence-corrected chi connectivity index (χ4v) is 4.35. The zero-order chi connectivity index (χ0) is 20.0. The summed E-state index contributed by atoms with van der Waals surface area (Å²) >= 11 is 0. The zero-order valence-electron chi connectivity index (χ0n) is 17.0. The molecule has 1 saturated carbocycles. The molecule has 0 spiro atoms. The first-order valence-corrected chi connectivity index (χ1v) is 10.5. The van der Waals surface area contributed by atoms with Crippen molar-refractivity contribution in [1.82, 2.24) is 10.3 Å². The second-order valence-corrected chi connectivity index (χ2v) is 8.48. The number of pyridine rings is 1. The first-order valence-electron chi connectivity index (χ1n) is 10.5. The van der Waals surface area contributed by atoms with Crippen molar-refractivity contribution in [2.24, 2.45) is 5.92 Å². The van der Waals surface area contributed by atoms with Gasteiger partial charge in [0.2, 0.25) is 5.91 Å². The molecule has 0 bridgehead atoms. The predicted octanol–water partition coefficient (Wildman–Crippen LogP) is 4.74. The van der Waals surface area contributed by atoms with Gasteiger partial charge in [-0.25, -0.2) is 0 Å². The van der Waals surface area contributed by atoms with E-state index in [1.165, 1.54) is 17.5 Å². The van der Waals surface area contributed by atoms with Crippen molar-refractivity contribution in [2.75, 3.05) is 6.54 Å². The molecule has 1 amide bonds. The molecule has 1 fully saturated rings. The van der Waals surface area contributed by atoms with Gasteiger partial charge in [-0.3, -0.25) is 9.78 Å². The smallest absolute Gasteiger partial charge is 0.223 e. The fraction of sp³-hybridized carbons (Fsp3) is 0.360. The molecule has 4 nitrogen and oxygen atoms in total. The molecular formula is C25H26N2O2. The quantitative estimate of drug-likeness (QED) is 0.705. The molecule has 0 saturated heterocycles. The Labute approximate surface area is 171 Å². The van der Waals surface area contributed by atoms with Crippen LogP contribution in [0.3, 0.4) is 0 Å². The van der Waals surface area contributed by atoms with Gasteiger partial charge < -0.3 is 10.1 Å². The number of nitrogens with zero attached hydrogens (tertiary/aromatic N) is 1. The third-order valence-corrected chi connectivity index (χ3v) is 6.16. The van der Waals surface area contributed by atoms with Crippen LogP contribution in [0, 0.1) is 19.8 Å². The van der Waals surface area contributed by atoms with E-state index < -0.39 is 0 Å². The largest absolute Gasteiger partial charge is 0.487 e. The van der Waals surface area contributed by atoms with E-state index >= 15 is 0 Å². The molecule has 3 aromatic rings. The van der Waals surface area contributed by atoms with Crippen molar-refractivity contribution in [3.63, 3.8) is 0 Å². The molecule has 0 radical (unpaired) electrons. The SMILES string of the molecule is Cc1cc2c(c(-c3ccc4nc(C)ccc4c3)c1)O[C@H](CNC(=O)C1CCC1)C2. The molecule has 2 heterocycles. The van der Waals surface area contributed by atoms with Crippen LogP contribution in [0.1, 0.15) is 36.1 Å². The molecule has 1 N–H and O–H groups in total. The van der Waals surface area contributed by atoms with E-state index in [1.807, 2.05) is 13.0 Å². The Balaban J connectivity index is 1.40. The lowest BCUT2D eigenvalue weighted by atomic mass is 9.85. The molecule has 1 atom stereocenters. The van der Waals surface area contributed by atoms with Gasteiger partial charge in [-0.1, -0.05) is 24.6 Å². The van der Waals surface area contributed by atoms with E-state index in [0.29, 0.717) is 6.54 Å². The highest BCUT2D eigenvalue weighted by molar-refractivity contribution is 5.86. The van der Waals surface area contributed by atoms with Crippen LogP contribution in [-0.4, -0.2) is 23.5 Å². The van der Waals surface area contributed by atoms with Crippen LogP contribution in [-0.2, 0) is 11.2 Å². The summed E-state index contributed by atoms with van der Waals surface area (Å²) < 4.78 is 6.33. The molecule has 1 aliphatic carbocycles. The highest BCUT2D eigenvalue weighted by atomic mass is 16.5. The van der Waals surface area contributed by atoms with Gasteiger partial charge in [-0.15, -0.1) is 0 Å². The number of fused-ring (bicyclic) bond motifs is 2. The summed E-state index contributed by atoms with van der Waals surface area (Å²) in [7, 11) is 0. The van der Waals surface area contributed by atoms with Gasteiger partial charge in [0.1, 0.15) is 11.9 Å². The number of hydrogen-bond donors (Lipinski definition) is 1. The van der Waals surface area contributed by atoms with Gasteiger partial charge in [0, 0.05) is 29.0 Å². The molecule has 29 heavy (non-hydrogen) atoms. The van der Waals surface area contributed by atoms with E-state index in [2.05, 4.69) is 53.6 Å². The Morgan fingerprint density at radius 3 is 2.79 bits per heavy atom. The monoisotopic (exact) mass is 386 g/mol. The molecule has 0 unspecified atom stereocenters. The third-order valence-electron chi connectivity index (χ3n) is 6.16. The van der Waals surface area contributed by atoms with Gasteiger partial charge in [0.05, 0.1) is 12.1 Å². The standard InChI is InChI=1S/C25H26N2O2/c1-15-10-20-13-21(14-26-25(28)17-4-3-5-17)29-24(20)22(11-15)18-8-9-23-19(12-18)7-6-16(2)27-23/h6-12,17,21H,3-5,13-14H2,1-2H3,(H,26,28)/t21-/m0/s1. The Morgan fingerprint density at radius 2 is 2.00 bits per heavy atom. The topological polar surface area (TPSA) is 51.2 Å². The van der Waals surface area contributed by atoms with Gasteiger partial charge in [-0.05, 0) is 67.6 Å². The molecular weight excluding hydrogens is 360 g/mol. The molecule has 2 aromatic carbocycles. The number of aromatic nitrogens is 1. The van der Waals surface area contributed by atoms with Gasteiger partial charge >= 0.3 is 0 Å². The van der Waals surface area contributed by atoms with Crippen LogP contribution in [0.4, 0.5) is 0 Å². The summed E-state index contributed by atoms with van der Waals surface area (Å²) in [5.41, 5.74) is 6.75. The zero-order valence-corrected chi connectivity index (χ0v) is 17.0. The van der Waals surface area contributed by atoms with E-state index in [9.17, 15) is 4.79 Å². The summed E-state index contributed by atoms with van der Waals surface area (Å²) in [6.07, 6.45) is 4.06. The molecule has 4 heteroatoms. The summed E-state index contributed by atoms with van der Waals surface area (Å²) in [6.45, 7) is 4.71. The highest BCUT2D eigenvalue weighted by Gasteiger charge is 2.29. The van der Waals surface area contributed by atoms with Crippen LogP contribution >= 0.6 is 0 Å². The van der Waals surface area contributed by atoms with E-state index in [0.717, 1.165) is 52.7 Å². The van der Waals surface area contributed by atoms with Crippen molar-refractivity contribution in [3.05, 3.63) is 59.3 Å². The maximum absolute atomic E-state index is 12.2. The average Bonchev–Trinajstić information content (AvgIpc) is 3.06. The number of carbonyl (C=O) groups is 1. The van der Waals surface area contributed by atoms with Crippen LogP contribution in [0.5, 0.6) is 5.75 Å². The van der Waals surface area contributed by atoms with Crippen LogP contribution < -0.4 is 10.1 Å². The number of ether oxygens (including phenoxy) is 1. The Bertz CT molecular complexity index is 1100. The number of aryl methyl sites for hydroxylation is 2. The number of nitrogens with one attached hydrogen (secondary N) is 1. The van der Waals surface area contributed by atoms with Crippen molar-refractivity contribution in [2.45, 2.75) is 45.6 Å². The minimum absolute atomic E-state index is 0.000603. The minimum atomic E-state index is -0.000603. The summed E-state index contributed by atoms with van der Waals surface area (Å²) in [6, 6.07) is 15.0. The predicted molar refractivity (Wildman–Crippen MR) is 115 cm³/mol. The fourth-order valence-electron chi connectivity index (χ4n) is 4.35.